The normalized spacial score (nSPS) is 21.8. The molecule has 2 aliphatic heterocycles. The summed E-state index contributed by atoms with van der Waals surface area (Å²) in [6.07, 6.45) is 3.52. The molecule has 0 radical (unpaired) electrons. The molecule has 4 heterocycles. The molecule has 2 aliphatic rings. The van der Waals surface area contributed by atoms with E-state index >= 15 is 0 Å². The van der Waals surface area contributed by atoms with Crippen molar-refractivity contribution in [3.8, 4) is 5.75 Å². The van der Waals surface area contributed by atoms with Crippen LogP contribution in [0.15, 0.2) is 102 Å². The second kappa shape index (κ2) is 6.89. The van der Waals surface area contributed by atoms with E-state index in [0.717, 1.165) is 22.5 Å². The molecule has 2 aromatic carbocycles. The Hall–Kier alpha value is -3.77. The zero-order valence-electron chi connectivity index (χ0n) is 16.4. The summed E-state index contributed by atoms with van der Waals surface area (Å²) in [5, 5.41) is 8.65. The molecular formula is C25H17N3O2S. The van der Waals surface area contributed by atoms with Crippen molar-refractivity contribution in [2.75, 3.05) is 5.01 Å². The van der Waals surface area contributed by atoms with Gasteiger partial charge in [-0.15, -0.1) is 11.3 Å². The molecule has 0 bridgehead atoms. The van der Waals surface area contributed by atoms with Gasteiger partial charge in [0.05, 0.1) is 17.3 Å². The number of hydrogen-bond acceptors (Lipinski definition) is 6. The highest BCUT2D eigenvalue weighted by atomic mass is 32.1. The number of hydrogen-bond donors (Lipinski definition) is 0. The van der Waals surface area contributed by atoms with E-state index in [1.165, 1.54) is 11.3 Å². The maximum Gasteiger partial charge on any atom is 0.279 e. The van der Waals surface area contributed by atoms with Crippen molar-refractivity contribution in [2.45, 2.75) is 11.6 Å². The van der Waals surface area contributed by atoms with Crippen LogP contribution in [-0.4, -0.2) is 22.2 Å². The van der Waals surface area contributed by atoms with Gasteiger partial charge in [0, 0.05) is 12.4 Å². The molecule has 31 heavy (non-hydrogen) atoms. The first-order valence-corrected chi connectivity index (χ1v) is 10.9. The molecule has 6 rings (SSSR count). The van der Waals surface area contributed by atoms with Crippen LogP contribution in [0.5, 0.6) is 5.75 Å². The monoisotopic (exact) mass is 423 g/mol. The molecule has 0 saturated heterocycles. The van der Waals surface area contributed by atoms with Crippen LogP contribution in [0.25, 0.3) is 0 Å². The van der Waals surface area contributed by atoms with Gasteiger partial charge >= 0.3 is 0 Å². The maximum atomic E-state index is 14.0. The number of nitrogens with zero attached hydrogens (tertiary/aromatic N) is 3. The van der Waals surface area contributed by atoms with E-state index in [1.807, 2.05) is 84.2 Å². The van der Waals surface area contributed by atoms with E-state index in [4.69, 9.17) is 9.84 Å². The van der Waals surface area contributed by atoms with Crippen LogP contribution in [0.3, 0.4) is 0 Å². The van der Waals surface area contributed by atoms with Gasteiger partial charge in [0.1, 0.15) is 10.6 Å². The number of para-hydroxylation sites is 1. The Morgan fingerprint density at radius 3 is 2.42 bits per heavy atom. The van der Waals surface area contributed by atoms with Crippen molar-refractivity contribution in [3.63, 3.8) is 0 Å². The fourth-order valence-corrected chi connectivity index (χ4v) is 5.19. The van der Waals surface area contributed by atoms with Crippen LogP contribution in [0.4, 0.5) is 5.69 Å². The number of thiophene rings is 1. The first kappa shape index (κ1) is 18.0. The van der Waals surface area contributed by atoms with Gasteiger partial charge in [-0.25, -0.2) is 5.01 Å². The smallest absolute Gasteiger partial charge is 0.279 e. The van der Waals surface area contributed by atoms with Gasteiger partial charge in [-0.3, -0.25) is 9.78 Å². The van der Waals surface area contributed by atoms with Crippen molar-refractivity contribution < 1.29 is 9.53 Å². The van der Waals surface area contributed by atoms with Crippen molar-refractivity contribution in [1.29, 1.82) is 0 Å². The molecule has 5 nitrogen and oxygen atoms in total. The SMILES string of the molecule is O=C1c2sccc2OC12C(c1cccnc1)C(c1ccccc1)=NN2c1ccccc1. The largest absolute Gasteiger partial charge is 0.455 e. The van der Waals surface area contributed by atoms with Crippen molar-refractivity contribution in [1.82, 2.24) is 4.98 Å². The molecule has 150 valence electrons. The van der Waals surface area contributed by atoms with Crippen LogP contribution in [0.1, 0.15) is 26.7 Å². The fraction of sp³-hybridized carbons (Fsp3) is 0.0800. The summed E-state index contributed by atoms with van der Waals surface area (Å²) in [5.74, 6) is 0.0788. The number of carbonyl (C=O) groups excluding carboxylic acids is 1. The van der Waals surface area contributed by atoms with Gasteiger partial charge in [-0.2, -0.15) is 5.10 Å². The summed E-state index contributed by atoms with van der Waals surface area (Å²) in [6.45, 7) is 0. The highest BCUT2D eigenvalue weighted by Crippen LogP contribution is 2.52. The summed E-state index contributed by atoms with van der Waals surface area (Å²) >= 11 is 1.40. The second-order valence-corrected chi connectivity index (χ2v) is 8.38. The predicted molar refractivity (Wildman–Crippen MR) is 121 cm³/mol. The van der Waals surface area contributed by atoms with Crippen molar-refractivity contribution in [3.05, 3.63) is 113 Å². The van der Waals surface area contributed by atoms with Crippen LogP contribution in [0, 0.1) is 0 Å². The van der Waals surface area contributed by atoms with Crippen molar-refractivity contribution in [2.24, 2.45) is 5.10 Å². The summed E-state index contributed by atoms with van der Waals surface area (Å²) in [7, 11) is 0. The van der Waals surface area contributed by atoms with E-state index in [9.17, 15) is 4.79 Å². The molecule has 4 aromatic rings. The minimum atomic E-state index is -1.34. The standard InChI is InChI=1S/C25H17N3O2S/c29-24-23-20(13-15-31-23)30-25(24)21(18-10-7-14-26-16-18)22(17-8-3-1-4-9-17)27-28(25)19-11-5-2-6-12-19/h1-16,21H. The molecule has 0 aliphatic carbocycles. The van der Waals surface area contributed by atoms with Gasteiger partial charge in [0.15, 0.2) is 0 Å². The average molecular weight is 423 g/mol. The van der Waals surface area contributed by atoms with E-state index in [1.54, 1.807) is 17.4 Å². The molecule has 0 N–H and O–H groups in total. The quantitative estimate of drug-likeness (QED) is 0.459. The van der Waals surface area contributed by atoms with Crippen LogP contribution in [-0.2, 0) is 0 Å². The lowest BCUT2D eigenvalue weighted by Crippen LogP contribution is -2.56. The number of aromatic nitrogens is 1. The first-order chi connectivity index (χ1) is 15.3. The third kappa shape index (κ3) is 2.58. The van der Waals surface area contributed by atoms with Crippen LogP contribution >= 0.6 is 11.3 Å². The molecule has 0 saturated carbocycles. The highest BCUT2D eigenvalue weighted by molar-refractivity contribution is 7.12. The number of fused-ring (bicyclic) bond motifs is 1. The summed E-state index contributed by atoms with van der Waals surface area (Å²) in [6, 6.07) is 25.4. The predicted octanol–water partition coefficient (Wildman–Crippen LogP) is 5.12. The number of hydrazone groups is 1. The Labute approximate surface area is 183 Å². The molecule has 1 spiro atoms. The molecular weight excluding hydrogens is 406 g/mol. The zero-order chi connectivity index (χ0) is 20.8. The number of benzene rings is 2. The first-order valence-electron chi connectivity index (χ1n) is 9.99. The molecule has 2 aromatic heterocycles. The minimum absolute atomic E-state index is 0.0788. The Bertz CT molecular complexity index is 1290. The number of ketones is 1. The number of carbonyl (C=O) groups is 1. The Morgan fingerprint density at radius 1 is 0.935 bits per heavy atom. The van der Waals surface area contributed by atoms with Crippen LogP contribution < -0.4 is 9.75 Å². The fourth-order valence-electron chi connectivity index (χ4n) is 4.38. The third-order valence-corrected chi connectivity index (χ3v) is 6.60. The van der Waals surface area contributed by atoms with Gasteiger partial charge in [-0.05, 0) is 40.8 Å². The van der Waals surface area contributed by atoms with E-state index in [0.29, 0.717) is 10.6 Å². The van der Waals surface area contributed by atoms with E-state index in [2.05, 4.69) is 4.98 Å². The molecule has 6 heteroatoms. The number of Topliss-reactive ketones (excluding diaryl/α,β-unsaturated/α-hetero) is 1. The highest BCUT2D eigenvalue weighted by Gasteiger charge is 2.64. The van der Waals surface area contributed by atoms with E-state index < -0.39 is 11.6 Å². The summed E-state index contributed by atoms with van der Waals surface area (Å²) < 4.78 is 6.54. The lowest BCUT2D eigenvalue weighted by Gasteiger charge is -2.36. The average Bonchev–Trinajstić information content (AvgIpc) is 3.50. The topological polar surface area (TPSA) is 54.8 Å². The Morgan fingerprint density at radius 2 is 1.71 bits per heavy atom. The van der Waals surface area contributed by atoms with Gasteiger partial charge in [0.2, 0.25) is 5.78 Å². The molecule has 0 amide bonds. The maximum absolute atomic E-state index is 14.0. The van der Waals surface area contributed by atoms with E-state index in [-0.39, 0.29) is 5.78 Å². The number of ether oxygens (including phenoxy) is 1. The Kier molecular flexibility index (Phi) is 4.01. The minimum Gasteiger partial charge on any atom is -0.455 e. The van der Waals surface area contributed by atoms with Crippen molar-refractivity contribution >= 4 is 28.5 Å². The number of rotatable bonds is 3. The molecule has 0 fully saturated rings. The second-order valence-electron chi connectivity index (χ2n) is 7.46. The van der Waals surface area contributed by atoms with Crippen LogP contribution in [0.2, 0.25) is 0 Å². The summed E-state index contributed by atoms with van der Waals surface area (Å²) in [5.41, 5.74) is 2.07. The van der Waals surface area contributed by atoms with Gasteiger partial charge < -0.3 is 4.74 Å². The Balaban J connectivity index is 1.63. The van der Waals surface area contributed by atoms with Gasteiger partial charge in [0.25, 0.3) is 5.72 Å². The third-order valence-electron chi connectivity index (χ3n) is 5.70. The zero-order valence-corrected chi connectivity index (χ0v) is 17.2. The number of pyridine rings is 1. The summed E-state index contributed by atoms with van der Waals surface area (Å²) in [4.78, 5) is 18.9. The number of anilines is 1. The molecule has 2 atom stereocenters. The lowest BCUT2D eigenvalue weighted by molar-refractivity contribution is 0.0547. The lowest BCUT2D eigenvalue weighted by atomic mass is 9.81. The molecule has 2 unspecified atom stereocenters. The van der Waals surface area contributed by atoms with Gasteiger partial charge in [-0.1, -0.05) is 54.6 Å².